The van der Waals surface area contributed by atoms with E-state index in [0.717, 1.165) is 0 Å². The first-order chi connectivity index (χ1) is 1.41. The van der Waals surface area contributed by atoms with Crippen LogP contribution >= 0.6 is 0 Å². The fraction of sp³-hybridized carbons (Fsp3) is 1.00. The molecule has 2 nitrogen and oxygen atoms in total. The van der Waals surface area contributed by atoms with Crippen LogP contribution in [0.3, 0.4) is 0 Å². The van der Waals surface area contributed by atoms with Crippen molar-refractivity contribution in [1.82, 2.24) is 6.15 Å². The second-order valence-electron chi connectivity index (χ2n) is 0.408. The molecular weight excluding hydrogens is 54.0 g/mol. The van der Waals surface area contributed by atoms with E-state index in [1.165, 1.54) is 0 Å². The summed E-state index contributed by atoms with van der Waals surface area (Å²) in [5.41, 5.74) is 0. The zero-order chi connectivity index (χ0) is 2.71. The van der Waals surface area contributed by atoms with Crippen molar-refractivity contribution >= 4 is 0 Å². The van der Waals surface area contributed by atoms with E-state index >= 15 is 0 Å². The Kier molecular flexibility index (Phi) is 28.8. The quantitative estimate of drug-likeness (QED) is 0.441. The second-order valence-corrected chi connectivity index (χ2v) is 0.408. The van der Waals surface area contributed by atoms with Crippen LogP contribution in [0.1, 0.15) is 0 Å². The van der Waals surface area contributed by atoms with Gasteiger partial charge in [0, 0.05) is 14.2 Å². The largest absolute Gasteiger partial charge is 0.388 e. The van der Waals surface area contributed by atoms with Gasteiger partial charge in [-0.2, -0.15) is 0 Å². The highest BCUT2D eigenvalue weighted by atomic mass is 16.4. The number of rotatable bonds is 0. The minimum absolute atomic E-state index is 0. The molecule has 0 saturated carbocycles. The van der Waals surface area contributed by atoms with Gasteiger partial charge in [0.1, 0.15) is 0 Å². The molecule has 2 heteroatoms. The van der Waals surface area contributed by atoms with Crippen molar-refractivity contribution < 1.29 is 4.74 Å². The molecule has 0 aliphatic heterocycles. The first-order valence-corrected chi connectivity index (χ1v) is 0.816. The molecule has 0 spiro atoms. The van der Waals surface area contributed by atoms with E-state index in [9.17, 15) is 0 Å². The lowest BCUT2D eigenvalue weighted by atomic mass is 11.6. The predicted molar refractivity (Wildman–Crippen MR) is 18.9 cm³/mol. The third-order valence-electron chi connectivity index (χ3n) is 0. The molecule has 0 aliphatic carbocycles. The van der Waals surface area contributed by atoms with Gasteiger partial charge in [0.05, 0.1) is 0 Å². The molecule has 0 heterocycles. The van der Waals surface area contributed by atoms with Crippen LogP contribution in [0.25, 0.3) is 0 Å². The molecule has 28 valence electrons. The standard InChI is InChI=1S/C2H6O.H3N/c1-3-2;/h1-2H3;1H3/p+1. The fourth-order valence-corrected chi connectivity index (χ4v) is 0. The lowest BCUT2D eigenvalue weighted by Gasteiger charge is -1.61. The van der Waals surface area contributed by atoms with Crippen molar-refractivity contribution in [3.8, 4) is 0 Å². The van der Waals surface area contributed by atoms with Gasteiger partial charge in [-0.15, -0.1) is 0 Å². The highest BCUT2D eigenvalue weighted by Crippen LogP contribution is 1.28. The summed E-state index contributed by atoms with van der Waals surface area (Å²) < 4.78 is 4.25. The van der Waals surface area contributed by atoms with E-state index in [1.54, 1.807) is 14.2 Å². The molecule has 0 radical (unpaired) electrons. The van der Waals surface area contributed by atoms with Crippen molar-refractivity contribution in [3.63, 3.8) is 0 Å². The third-order valence-corrected chi connectivity index (χ3v) is 0. The first-order valence-electron chi connectivity index (χ1n) is 0.816. The van der Waals surface area contributed by atoms with Crippen LogP contribution in [0.2, 0.25) is 0 Å². The predicted octanol–water partition coefficient (Wildman–Crippen LogP) is 0.639. The third kappa shape index (κ3) is 254. The van der Waals surface area contributed by atoms with Crippen molar-refractivity contribution in [3.05, 3.63) is 0 Å². The Labute approximate surface area is 26.4 Å². The first kappa shape index (κ1) is 9.07. The van der Waals surface area contributed by atoms with Crippen LogP contribution in [0.4, 0.5) is 0 Å². The Bertz CT molecular complexity index is 6.00. The molecule has 0 rings (SSSR count). The zero-order valence-electron chi connectivity index (χ0n) is 3.41. The van der Waals surface area contributed by atoms with E-state index in [2.05, 4.69) is 4.74 Å². The number of hydrogen-bond donors (Lipinski definition) is 1. The van der Waals surface area contributed by atoms with Gasteiger partial charge in [0.15, 0.2) is 0 Å². The van der Waals surface area contributed by atoms with Gasteiger partial charge in [0.25, 0.3) is 0 Å². The van der Waals surface area contributed by atoms with Gasteiger partial charge in [0.2, 0.25) is 0 Å². The Balaban J connectivity index is 0. The van der Waals surface area contributed by atoms with Gasteiger partial charge in [-0.3, -0.25) is 0 Å². The molecule has 4 heavy (non-hydrogen) atoms. The van der Waals surface area contributed by atoms with Gasteiger partial charge in [-0.05, 0) is 0 Å². The lowest BCUT2D eigenvalue weighted by molar-refractivity contribution is 0.277. The normalized spacial score (nSPS) is 4.50. The zero-order valence-corrected chi connectivity index (χ0v) is 3.41. The summed E-state index contributed by atoms with van der Waals surface area (Å²) in [4.78, 5) is 0. The molecule has 0 unspecified atom stereocenters. The second kappa shape index (κ2) is 12.7. The number of quaternary nitrogens is 1. The molecule has 0 fully saturated rings. The van der Waals surface area contributed by atoms with Gasteiger partial charge >= 0.3 is 0 Å². The summed E-state index contributed by atoms with van der Waals surface area (Å²) in [5.74, 6) is 0. The lowest BCUT2D eigenvalue weighted by Crippen LogP contribution is -1.55. The average molecular weight is 64.1 g/mol. The summed E-state index contributed by atoms with van der Waals surface area (Å²) in [6, 6.07) is 0. The van der Waals surface area contributed by atoms with Crippen molar-refractivity contribution in [2.45, 2.75) is 0 Å². The van der Waals surface area contributed by atoms with Crippen LogP contribution in [-0.4, -0.2) is 14.2 Å². The van der Waals surface area contributed by atoms with E-state index in [4.69, 9.17) is 0 Å². The monoisotopic (exact) mass is 64.1 g/mol. The average Bonchev–Trinajstić information content (AvgIpc) is 0.918. The molecule has 0 amide bonds. The Morgan fingerprint density at radius 2 is 1.25 bits per heavy atom. The van der Waals surface area contributed by atoms with Crippen molar-refractivity contribution in [1.29, 1.82) is 0 Å². The Morgan fingerprint density at radius 3 is 1.25 bits per heavy atom. The molecule has 0 saturated heterocycles. The molecule has 0 aromatic heterocycles. The van der Waals surface area contributed by atoms with E-state index in [0.29, 0.717) is 0 Å². The van der Waals surface area contributed by atoms with Gasteiger partial charge < -0.3 is 10.9 Å². The molecule has 0 aliphatic rings. The van der Waals surface area contributed by atoms with Crippen molar-refractivity contribution in [2.75, 3.05) is 14.2 Å². The van der Waals surface area contributed by atoms with E-state index in [-0.39, 0.29) is 6.15 Å². The summed E-state index contributed by atoms with van der Waals surface area (Å²) in [5, 5.41) is 0. The van der Waals surface area contributed by atoms with Crippen LogP contribution in [-0.2, 0) is 4.74 Å². The van der Waals surface area contributed by atoms with Gasteiger partial charge in [-0.1, -0.05) is 0 Å². The van der Waals surface area contributed by atoms with E-state index in [1.807, 2.05) is 0 Å². The van der Waals surface area contributed by atoms with Crippen molar-refractivity contribution in [2.24, 2.45) is 0 Å². The molecule has 0 atom stereocenters. The molecule has 0 aromatic rings. The van der Waals surface area contributed by atoms with Gasteiger partial charge in [-0.25, -0.2) is 0 Å². The topological polar surface area (TPSA) is 45.7 Å². The van der Waals surface area contributed by atoms with Crippen LogP contribution in [0, 0.1) is 0 Å². The number of methoxy groups -OCH3 is 1. The fourth-order valence-electron chi connectivity index (χ4n) is 0. The Hall–Kier alpha value is -0.0800. The summed E-state index contributed by atoms with van der Waals surface area (Å²) in [6.07, 6.45) is 0. The molecule has 0 aromatic carbocycles. The summed E-state index contributed by atoms with van der Waals surface area (Å²) >= 11 is 0. The van der Waals surface area contributed by atoms with E-state index < -0.39 is 0 Å². The maximum Gasteiger partial charge on any atom is 0.0351 e. The summed E-state index contributed by atoms with van der Waals surface area (Å²) in [6.45, 7) is 0. The Morgan fingerprint density at radius 1 is 1.25 bits per heavy atom. The van der Waals surface area contributed by atoms with Crippen LogP contribution in [0.5, 0.6) is 0 Å². The highest BCUT2D eigenvalue weighted by Gasteiger charge is 1.25. The van der Waals surface area contributed by atoms with Crippen LogP contribution in [0.15, 0.2) is 0 Å². The SMILES string of the molecule is COC.[NH4+]. The molecular formula is C2H10NO+. The minimum Gasteiger partial charge on any atom is -0.388 e. The maximum absolute atomic E-state index is 4.25. The molecule has 4 N–H and O–H groups in total. The highest BCUT2D eigenvalue weighted by molar-refractivity contribution is 3.56. The smallest absolute Gasteiger partial charge is 0.0351 e. The number of hydrogen-bond acceptors (Lipinski definition) is 1. The number of ether oxygens (including phenoxy) is 1. The minimum atomic E-state index is 0. The van der Waals surface area contributed by atoms with Crippen LogP contribution < -0.4 is 6.15 Å². The molecule has 0 bridgehead atoms. The summed E-state index contributed by atoms with van der Waals surface area (Å²) in [7, 11) is 3.25. The maximum atomic E-state index is 4.25.